The third-order valence-electron chi connectivity index (χ3n) is 3.24. The van der Waals surface area contributed by atoms with Crippen LogP contribution in [0.4, 0.5) is 0 Å². The molecule has 0 aliphatic rings. The van der Waals surface area contributed by atoms with Crippen LogP contribution in [0.3, 0.4) is 0 Å². The van der Waals surface area contributed by atoms with Crippen LogP contribution in [0.5, 0.6) is 5.75 Å². The van der Waals surface area contributed by atoms with E-state index in [2.05, 4.69) is 28.0 Å². The first kappa shape index (κ1) is 16.3. The second-order valence-electron chi connectivity index (χ2n) is 4.91. The van der Waals surface area contributed by atoms with Gasteiger partial charge in [0.15, 0.2) is 0 Å². The van der Waals surface area contributed by atoms with Crippen molar-refractivity contribution in [2.75, 3.05) is 6.61 Å². The fourth-order valence-electron chi connectivity index (χ4n) is 2.08. The molecule has 1 aromatic heterocycles. The van der Waals surface area contributed by atoms with Gasteiger partial charge in [-0.2, -0.15) is 5.10 Å². The Hall–Kier alpha value is -1.04. The molecule has 0 radical (unpaired) electrons. The zero-order valence-electron chi connectivity index (χ0n) is 12.1. The van der Waals surface area contributed by atoms with Gasteiger partial charge in [0.25, 0.3) is 0 Å². The lowest BCUT2D eigenvalue weighted by Gasteiger charge is -2.14. The van der Waals surface area contributed by atoms with Crippen molar-refractivity contribution in [2.24, 2.45) is 12.8 Å². The zero-order valence-corrected chi connectivity index (χ0v) is 14.5. The predicted octanol–water partition coefficient (Wildman–Crippen LogP) is 3.35. The smallest absolute Gasteiger partial charge is 0.119 e. The van der Waals surface area contributed by atoms with Gasteiger partial charge in [0, 0.05) is 24.5 Å². The fraction of sp³-hybridized carbons (Fsp3) is 0.400. The van der Waals surface area contributed by atoms with Crippen LogP contribution in [0.25, 0.3) is 0 Å². The molecule has 1 aromatic carbocycles. The molecule has 1 heterocycles. The molecule has 2 N–H and O–H groups in total. The fourth-order valence-corrected chi connectivity index (χ4v) is 2.99. The van der Waals surface area contributed by atoms with Gasteiger partial charge in [-0.1, -0.05) is 18.5 Å². The lowest BCUT2D eigenvalue weighted by atomic mass is 10.1. The second kappa shape index (κ2) is 7.29. The summed E-state index contributed by atoms with van der Waals surface area (Å²) >= 11 is 9.44. The Morgan fingerprint density at radius 3 is 2.62 bits per heavy atom. The summed E-state index contributed by atoms with van der Waals surface area (Å²) in [5.74, 6) is 0.771. The lowest BCUT2D eigenvalue weighted by Crippen LogP contribution is -2.31. The maximum absolute atomic E-state index is 6.16. The molecule has 0 amide bonds. The summed E-state index contributed by atoms with van der Waals surface area (Å²) in [5, 5.41) is 5.16. The largest absolute Gasteiger partial charge is 0.492 e. The van der Waals surface area contributed by atoms with E-state index in [1.807, 2.05) is 23.9 Å². The first-order valence-corrected chi connectivity index (χ1v) is 8.02. The Labute approximate surface area is 138 Å². The molecule has 6 heteroatoms. The van der Waals surface area contributed by atoms with Gasteiger partial charge >= 0.3 is 0 Å². The van der Waals surface area contributed by atoms with Crippen LogP contribution < -0.4 is 10.5 Å². The minimum Gasteiger partial charge on any atom is -0.492 e. The van der Waals surface area contributed by atoms with Crippen LogP contribution >= 0.6 is 27.5 Å². The number of ether oxygens (including phenoxy) is 1. The van der Waals surface area contributed by atoms with E-state index in [-0.39, 0.29) is 6.04 Å². The van der Waals surface area contributed by atoms with E-state index >= 15 is 0 Å². The van der Waals surface area contributed by atoms with Crippen molar-refractivity contribution in [1.82, 2.24) is 9.78 Å². The maximum Gasteiger partial charge on any atom is 0.119 e. The normalized spacial score (nSPS) is 12.4. The maximum atomic E-state index is 6.16. The Balaban J connectivity index is 1.94. The van der Waals surface area contributed by atoms with Crippen molar-refractivity contribution < 1.29 is 4.74 Å². The number of aryl methyl sites for hydroxylation is 2. The molecule has 0 aliphatic carbocycles. The Bertz CT molecular complexity index is 598. The first-order chi connectivity index (χ1) is 10.0. The van der Waals surface area contributed by atoms with Gasteiger partial charge in [-0.3, -0.25) is 4.68 Å². The van der Waals surface area contributed by atoms with Gasteiger partial charge in [-0.15, -0.1) is 0 Å². The number of hydrogen-bond acceptors (Lipinski definition) is 3. The zero-order chi connectivity index (χ0) is 15.4. The number of rotatable bonds is 6. The van der Waals surface area contributed by atoms with E-state index in [9.17, 15) is 0 Å². The molecular formula is C15H19BrClN3O. The predicted molar refractivity (Wildman–Crippen MR) is 88.9 cm³/mol. The first-order valence-electron chi connectivity index (χ1n) is 6.85. The average molecular weight is 373 g/mol. The molecule has 4 nitrogen and oxygen atoms in total. The highest BCUT2D eigenvalue weighted by Crippen LogP contribution is 2.23. The highest BCUT2D eigenvalue weighted by Gasteiger charge is 2.16. The number of hydrogen-bond donors (Lipinski definition) is 1. The number of benzene rings is 1. The van der Waals surface area contributed by atoms with Crippen LogP contribution in [0, 0.1) is 0 Å². The van der Waals surface area contributed by atoms with Gasteiger partial charge in [0.2, 0.25) is 0 Å². The summed E-state index contributed by atoms with van der Waals surface area (Å²) < 4.78 is 8.61. The Kier molecular flexibility index (Phi) is 5.67. The third-order valence-corrected chi connectivity index (χ3v) is 4.40. The molecule has 0 spiro atoms. The van der Waals surface area contributed by atoms with Crippen molar-refractivity contribution in [2.45, 2.75) is 25.8 Å². The Morgan fingerprint density at radius 1 is 1.38 bits per heavy atom. The summed E-state index contributed by atoms with van der Waals surface area (Å²) in [4.78, 5) is 0. The van der Waals surface area contributed by atoms with Crippen molar-refractivity contribution in [3.05, 3.63) is 45.1 Å². The minimum absolute atomic E-state index is 0.0999. The average Bonchev–Trinajstić information content (AvgIpc) is 2.74. The van der Waals surface area contributed by atoms with Gasteiger partial charge in [-0.05, 0) is 46.6 Å². The van der Waals surface area contributed by atoms with E-state index in [1.165, 1.54) is 0 Å². The van der Waals surface area contributed by atoms with Crippen molar-refractivity contribution in [3.8, 4) is 5.75 Å². The van der Waals surface area contributed by atoms with E-state index in [0.717, 1.165) is 28.0 Å². The monoisotopic (exact) mass is 371 g/mol. The topological polar surface area (TPSA) is 53.1 Å². The lowest BCUT2D eigenvalue weighted by molar-refractivity contribution is 0.286. The highest BCUT2D eigenvalue weighted by atomic mass is 79.9. The molecule has 0 bridgehead atoms. The van der Waals surface area contributed by atoms with Crippen LogP contribution in [0.15, 0.2) is 28.7 Å². The second-order valence-corrected chi connectivity index (χ2v) is 6.14. The number of aromatic nitrogens is 2. The van der Waals surface area contributed by atoms with Crippen molar-refractivity contribution in [1.29, 1.82) is 0 Å². The summed E-state index contributed by atoms with van der Waals surface area (Å²) in [6.07, 6.45) is 1.60. The molecule has 2 rings (SSSR count). The number of nitrogens with two attached hydrogens (primary N) is 1. The van der Waals surface area contributed by atoms with Crippen LogP contribution in [-0.4, -0.2) is 22.4 Å². The minimum atomic E-state index is -0.0999. The van der Waals surface area contributed by atoms with E-state index in [0.29, 0.717) is 18.1 Å². The SMILES string of the molecule is CCc1nn(C)c(CC(N)COc2ccc(Cl)cc2)c1Br. The molecule has 0 aliphatic heterocycles. The summed E-state index contributed by atoms with van der Waals surface area (Å²) in [7, 11) is 1.94. The van der Waals surface area contributed by atoms with E-state index in [4.69, 9.17) is 22.1 Å². The van der Waals surface area contributed by atoms with Gasteiger partial charge < -0.3 is 10.5 Å². The molecule has 2 aromatic rings. The van der Waals surface area contributed by atoms with Gasteiger partial charge in [0.1, 0.15) is 12.4 Å². The molecular weight excluding hydrogens is 354 g/mol. The quantitative estimate of drug-likeness (QED) is 0.846. The number of nitrogens with zero attached hydrogens (tertiary/aromatic N) is 2. The molecule has 21 heavy (non-hydrogen) atoms. The highest BCUT2D eigenvalue weighted by molar-refractivity contribution is 9.10. The molecule has 1 unspecified atom stereocenters. The third kappa shape index (κ3) is 4.22. The molecule has 1 atom stereocenters. The van der Waals surface area contributed by atoms with Gasteiger partial charge in [0.05, 0.1) is 15.9 Å². The van der Waals surface area contributed by atoms with Crippen LogP contribution in [0.2, 0.25) is 5.02 Å². The van der Waals surface area contributed by atoms with Crippen molar-refractivity contribution >= 4 is 27.5 Å². The van der Waals surface area contributed by atoms with Crippen molar-refractivity contribution in [3.63, 3.8) is 0 Å². The Morgan fingerprint density at radius 2 is 2.05 bits per heavy atom. The molecule has 0 saturated heterocycles. The van der Waals surface area contributed by atoms with E-state index in [1.54, 1.807) is 12.1 Å². The standard InChI is InChI=1S/C15H19BrClN3O/c1-3-13-15(16)14(20(2)19-13)8-11(18)9-21-12-6-4-10(17)5-7-12/h4-7,11H,3,8-9,18H2,1-2H3. The molecule has 0 fully saturated rings. The summed E-state index contributed by atoms with van der Waals surface area (Å²) in [6.45, 7) is 2.53. The van der Waals surface area contributed by atoms with Crippen LogP contribution in [0.1, 0.15) is 18.3 Å². The molecule has 114 valence electrons. The summed E-state index contributed by atoms with van der Waals surface area (Å²) in [6, 6.07) is 7.17. The summed E-state index contributed by atoms with van der Waals surface area (Å²) in [5.41, 5.74) is 8.31. The van der Waals surface area contributed by atoms with Gasteiger partial charge in [-0.25, -0.2) is 0 Å². The van der Waals surface area contributed by atoms with E-state index < -0.39 is 0 Å². The molecule has 0 saturated carbocycles. The van der Waals surface area contributed by atoms with Crippen LogP contribution in [-0.2, 0) is 19.9 Å². The number of halogens is 2.